The summed E-state index contributed by atoms with van der Waals surface area (Å²) < 4.78 is 0. The van der Waals surface area contributed by atoms with Crippen LogP contribution in [0.5, 0.6) is 0 Å². The maximum atomic E-state index is 14.0. The predicted molar refractivity (Wildman–Crippen MR) is 157 cm³/mol. The molecule has 3 aliphatic rings. The molecule has 3 aliphatic carbocycles. The number of benzene rings is 3. The van der Waals surface area contributed by atoms with Gasteiger partial charge in [0.05, 0.1) is 16.5 Å². The lowest BCUT2D eigenvalue weighted by Gasteiger charge is -2.65. The minimum atomic E-state index is -1.32. The van der Waals surface area contributed by atoms with Crippen molar-refractivity contribution < 1.29 is 9.72 Å². The standard InChI is InChI=1S/C33H24N4O3S/c1-31(29(38)36-30-35-27(18-41-30)21-9-6-8-20(16-21)22-10-7-15-34-17-22)19-32-25-13-4-5-14-26(25)33(32,37(39)40)24-12-3-2-11-23(24)28(31)32/h2-18,28H,19H2,1H3,(H,35,36,38). The Kier molecular flexibility index (Phi) is 4.81. The first-order valence-corrected chi connectivity index (χ1v) is 14.4. The molecule has 1 saturated carbocycles. The highest BCUT2D eigenvalue weighted by Crippen LogP contribution is 2.83. The molecule has 4 atom stereocenters. The smallest absolute Gasteiger partial charge is 0.282 e. The maximum Gasteiger partial charge on any atom is 0.282 e. The Bertz CT molecular complexity index is 1910. The van der Waals surface area contributed by atoms with Crippen molar-refractivity contribution in [2.75, 3.05) is 5.32 Å². The normalized spacial score (nSPS) is 26.4. The van der Waals surface area contributed by atoms with Crippen LogP contribution in [0.1, 0.15) is 41.5 Å². The molecule has 0 bridgehead atoms. The van der Waals surface area contributed by atoms with Gasteiger partial charge in [-0.15, -0.1) is 11.3 Å². The number of pyridine rings is 1. The third-order valence-electron chi connectivity index (χ3n) is 9.55. The number of aromatic nitrogens is 2. The van der Waals surface area contributed by atoms with E-state index in [1.165, 1.54) is 11.3 Å². The van der Waals surface area contributed by atoms with Crippen LogP contribution in [0, 0.1) is 15.5 Å². The van der Waals surface area contributed by atoms with Crippen molar-refractivity contribution >= 4 is 22.4 Å². The van der Waals surface area contributed by atoms with Crippen LogP contribution in [0.15, 0.2) is 103 Å². The van der Waals surface area contributed by atoms with Gasteiger partial charge in [-0.25, -0.2) is 4.98 Å². The molecule has 7 nitrogen and oxygen atoms in total. The predicted octanol–water partition coefficient (Wildman–Crippen LogP) is 6.79. The van der Waals surface area contributed by atoms with Gasteiger partial charge in [-0.05, 0) is 35.2 Å². The van der Waals surface area contributed by atoms with Gasteiger partial charge in [0.25, 0.3) is 5.54 Å². The topological polar surface area (TPSA) is 98.0 Å². The van der Waals surface area contributed by atoms with E-state index in [1.807, 2.05) is 97.4 Å². The van der Waals surface area contributed by atoms with Crippen LogP contribution < -0.4 is 5.32 Å². The van der Waals surface area contributed by atoms with Crippen LogP contribution in [0.2, 0.25) is 0 Å². The minimum Gasteiger partial charge on any atom is -0.301 e. The molecule has 0 saturated heterocycles. The Hall–Kier alpha value is -4.69. The number of amides is 1. The zero-order chi connectivity index (χ0) is 28.0. The average molecular weight is 557 g/mol. The second kappa shape index (κ2) is 8.17. The van der Waals surface area contributed by atoms with Crippen LogP contribution in [-0.4, -0.2) is 20.8 Å². The molecule has 3 aromatic carbocycles. The van der Waals surface area contributed by atoms with Crippen LogP contribution in [0.25, 0.3) is 22.4 Å². The number of hydrogen-bond acceptors (Lipinski definition) is 6. The lowest BCUT2D eigenvalue weighted by molar-refractivity contribution is -0.593. The van der Waals surface area contributed by atoms with Gasteiger partial charge < -0.3 is 5.32 Å². The van der Waals surface area contributed by atoms with Gasteiger partial charge in [-0.3, -0.25) is 19.9 Å². The average Bonchev–Trinajstić information content (AvgIpc) is 3.52. The Balaban J connectivity index is 1.12. The van der Waals surface area contributed by atoms with Gasteiger partial charge in [0.1, 0.15) is 0 Å². The van der Waals surface area contributed by atoms with E-state index in [9.17, 15) is 14.9 Å². The molecule has 0 radical (unpaired) electrons. The van der Waals surface area contributed by atoms with Crippen LogP contribution in [-0.2, 0) is 15.7 Å². The lowest BCUT2D eigenvalue weighted by atomic mass is 9.34. The third kappa shape index (κ3) is 2.85. The second-order valence-corrected chi connectivity index (χ2v) is 12.3. The number of hydrogen-bond donors (Lipinski definition) is 1. The van der Waals surface area contributed by atoms with Gasteiger partial charge in [0.2, 0.25) is 5.91 Å². The molecule has 1 N–H and O–H groups in total. The third-order valence-corrected chi connectivity index (χ3v) is 10.3. The molecule has 41 heavy (non-hydrogen) atoms. The lowest BCUT2D eigenvalue weighted by Crippen LogP contribution is -2.72. The van der Waals surface area contributed by atoms with Crippen LogP contribution in [0.4, 0.5) is 5.13 Å². The van der Waals surface area contributed by atoms with Crippen molar-refractivity contribution in [3.8, 4) is 22.4 Å². The first-order valence-electron chi connectivity index (χ1n) is 13.5. The number of carbonyl (C=O) groups is 1. The summed E-state index contributed by atoms with van der Waals surface area (Å²) in [5.74, 6) is -0.460. The fraction of sp³-hybridized carbons (Fsp3) is 0.182. The van der Waals surface area contributed by atoms with E-state index in [-0.39, 0.29) is 16.7 Å². The summed E-state index contributed by atoms with van der Waals surface area (Å²) in [5, 5.41) is 18.4. The monoisotopic (exact) mass is 556 g/mol. The Morgan fingerprint density at radius 1 is 0.951 bits per heavy atom. The van der Waals surface area contributed by atoms with Crippen molar-refractivity contribution in [2.24, 2.45) is 5.41 Å². The van der Waals surface area contributed by atoms with Crippen LogP contribution >= 0.6 is 11.3 Å². The quantitative estimate of drug-likeness (QED) is 0.190. The molecular weight excluding hydrogens is 532 g/mol. The summed E-state index contributed by atoms with van der Waals surface area (Å²) in [7, 11) is 0. The van der Waals surface area contributed by atoms with Gasteiger partial charge >= 0.3 is 0 Å². The molecule has 1 fully saturated rings. The Labute approximate surface area is 240 Å². The fourth-order valence-corrected chi connectivity index (χ4v) is 8.80. The number of thiazole rings is 1. The van der Waals surface area contributed by atoms with E-state index in [0.717, 1.165) is 44.6 Å². The highest BCUT2D eigenvalue weighted by molar-refractivity contribution is 7.14. The molecule has 200 valence electrons. The maximum absolute atomic E-state index is 14.0. The summed E-state index contributed by atoms with van der Waals surface area (Å²) >= 11 is 1.38. The largest absolute Gasteiger partial charge is 0.301 e. The van der Waals surface area contributed by atoms with Gasteiger partial charge in [-0.2, -0.15) is 0 Å². The fourth-order valence-electron chi connectivity index (χ4n) is 8.08. The first kappa shape index (κ1) is 24.1. The molecule has 2 aromatic heterocycles. The van der Waals surface area contributed by atoms with Crippen molar-refractivity contribution in [3.05, 3.63) is 135 Å². The van der Waals surface area contributed by atoms with Gasteiger partial charge in [0.15, 0.2) is 5.13 Å². The van der Waals surface area contributed by atoms with E-state index in [1.54, 1.807) is 6.20 Å². The van der Waals surface area contributed by atoms with Gasteiger partial charge in [-0.1, -0.05) is 79.7 Å². The van der Waals surface area contributed by atoms with E-state index >= 15 is 0 Å². The Morgan fingerprint density at radius 2 is 1.68 bits per heavy atom. The zero-order valence-electron chi connectivity index (χ0n) is 22.1. The molecule has 5 aromatic rings. The first-order chi connectivity index (χ1) is 19.9. The van der Waals surface area contributed by atoms with Crippen molar-refractivity contribution in [3.63, 3.8) is 0 Å². The Morgan fingerprint density at radius 3 is 2.46 bits per heavy atom. The molecule has 4 unspecified atom stereocenters. The number of fused-ring (bicyclic) bond motifs is 5. The highest BCUT2D eigenvalue weighted by Gasteiger charge is 2.88. The molecule has 8 rings (SSSR count). The summed E-state index contributed by atoms with van der Waals surface area (Å²) in [4.78, 5) is 35.8. The summed E-state index contributed by atoms with van der Waals surface area (Å²) in [6, 6.07) is 27.3. The van der Waals surface area contributed by atoms with E-state index < -0.39 is 16.4 Å². The van der Waals surface area contributed by atoms with E-state index in [2.05, 4.69) is 16.4 Å². The van der Waals surface area contributed by atoms with E-state index in [4.69, 9.17) is 4.98 Å². The van der Waals surface area contributed by atoms with Crippen molar-refractivity contribution in [1.29, 1.82) is 0 Å². The molecule has 0 aliphatic heterocycles. The van der Waals surface area contributed by atoms with Crippen LogP contribution in [0.3, 0.4) is 0 Å². The molecule has 8 heteroatoms. The summed E-state index contributed by atoms with van der Waals surface area (Å²) in [5.41, 5.74) is 4.26. The zero-order valence-corrected chi connectivity index (χ0v) is 22.9. The molecule has 1 spiro atoms. The van der Waals surface area contributed by atoms with E-state index in [0.29, 0.717) is 11.6 Å². The van der Waals surface area contributed by atoms with Crippen molar-refractivity contribution in [1.82, 2.24) is 9.97 Å². The number of anilines is 1. The number of nitrogens with one attached hydrogen (secondary N) is 1. The molecular formula is C33H24N4O3S. The SMILES string of the molecule is CC1(C(=O)Nc2nc(-c3cccc(-c4cccnc4)c3)cs2)CC23c4ccccc4C2([N+](=O)[O-])c2ccccc2C13. The summed E-state index contributed by atoms with van der Waals surface area (Å²) in [6.07, 6.45) is 3.97. The number of nitro groups is 1. The molecule has 2 heterocycles. The number of nitrogens with zero attached hydrogens (tertiary/aromatic N) is 3. The number of rotatable bonds is 5. The second-order valence-electron chi connectivity index (χ2n) is 11.4. The number of carbonyl (C=O) groups excluding carboxylic acids is 1. The highest BCUT2D eigenvalue weighted by atomic mass is 32.1. The van der Waals surface area contributed by atoms with Crippen molar-refractivity contribution in [2.45, 2.75) is 30.2 Å². The summed E-state index contributed by atoms with van der Waals surface area (Å²) in [6.45, 7) is 1.94. The minimum absolute atomic E-state index is 0.113. The van der Waals surface area contributed by atoms with Gasteiger partial charge in [0, 0.05) is 50.9 Å². The molecule has 1 amide bonds.